The molecule has 1 rings (SSSR count). The summed E-state index contributed by atoms with van der Waals surface area (Å²) in [4.78, 5) is 0. The normalized spacial score (nSPS) is 13.7. The van der Waals surface area contributed by atoms with Crippen LogP contribution in [0.5, 0.6) is 5.75 Å². The average Bonchev–Trinajstić information content (AvgIpc) is 2.15. The minimum absolute atomic E-state index is 0.0745. The maximum Gasteiger partial charge on any atom is 0.119 e. The molecule has 0 aliphatic carbocycles. The average molecular weight is 275 g/mol. The Kier molecular flexibility index (Phi) is 4.13. The number of hydrogen-bond donors (Lipinski definition) is 2. The highest BCUT2D eigenvalue weighted by molar-refractivity contribution is 9.10. The van der Waals surface area contributed by atoms with E-state index >= 15 is 0 Å². The number of aliphatic hydroxyl groups is 2. The van der Waals surface area contributed by atoms with Crippen molar-refractivity contribution in [2.24, 2.45) is 0 Å². The van der Waals surface area contributed by atoms with Gasteiger partial charge in [-0.1, -0.05) is 15.9 Å². The lowest BCUT2D eigenvalue weighted by Crippen LogP contribution is -2.40. The van der Waals surface area contributed by atoms with Crippen molar-refractivity contribution in [3.63, 3.8) is 0 Å². The van der Waals surface area contributed by atoms with Gasteiger partial charge in [0.25, 0.3) is 0 Å². The van der Waals surface area contributed by atoms with Crippen molar-refractivity contribution in [3.05, 3.63) is 28.7 Å². The van der Waals surface area contributed by atoms with Crippen molar-refractivity contribution in [1.29, 1.82) is 0 Å². The molecule has 0 bridgehead atoms. The van der Waals surface area contributed by atoms with Crippen LogP contribution < -0.4 is 4.74 Å². The van der Waals surface area contributed by atoms with E-state index in [1.165, 1.54) is 0 Å². The van der Waals surface area contributed by atoms with Crippen molar-refractivity contribution < 1.29 is 14.9 Å². The molecule has 1 aromatic carbocycles. The van der Waals surface area contributed by atoms with E-state index in [1.54, 1.807) is 26.0 Å². The fraction of sp³-hybridized carbons (Fsp3) is 0.455. The van der Waals surface area contributed by atoms with E-state index in [2.05, 4.69) is 15.9 Å². The first-order chi connectivity index (χ1) is 6.89. The second-order valence-corrected chi connectivity index (χ2v) is 4.85. The highest BCUT2D eigenvalue weighted by atomic mass is 79.9. The molecule has 0 fully saturated rings. The highest BCUT2D eigenvalue weighted by Crippen LogP contribution is 2.17. The molecule has 1 unspecified atom stereocenters. The minimum Gasteiger partial charge on any atom is -0.491 e. The van der Waals surface area contributed by atoms with Crippen LogP contribution in [0.25, 0.3) is 0 Å². The number of rotatable bonds is 4. The summed E-state index contributed by atoms with van der Waals surface area (Å²) in [5.41, 5.74) is -1.14. The van der Waals surface area contributed by atoms with Crippen molar-refractivity contribution in [2.75, 3.05) is 6.61 Å². The van der Waals surface area contributed by atoms with Crippen LogP contribution in [0.1, 0.15) is 13.8 Å². The van der Waals surface area contributed by atoms with Crippen LogP contribution in [-0.4, -0.2) is 28.5 Å². The third-order valence-corrected chi connectivity index (χ3v) is 2.57. The molecule has 0 amide bonds. The first-order valence-corrected chi connectivity index (χ1v) is 5.47. The second kappa shape index (κ2) is 4.96. The topological polar surface area (TPSA) is 49.7 Å². The molecular weight excluding hydrogens is 260 g/mol. The highest BCUT2D eigenvalue weighted by Gasteiger charge is 2.24. The van der Waals surface area contributed by atoms with Crippen LogP contribution in [0, 0.1) is 0 Å². The van der Waals surface area contributed by atoms with E-state index in [4.69, 9.17) is 4.74 Å². The Morgan fingerprint density at radius 2 is 1.87 bits per heavy atom. The van der Waals surface area contributed by atoms with E-state index in [9.17, 15) is 10.2 Å². The fourth-order valence-corrected chi connectivity index (χ4v) is 1.17. The summed E-state index contributed by atoms with van der Waals surface area (Å²) in [5.74, 6) is 0.668. The third kappa shape index (κ3) is 4.20. The van der Waals surface area contributed by atoms with Crippen molar-refractivity contribution in [1.82, 2.24) is 0 Å². The van der Waals surface area contributed by atoms with Gasteiger partial charge in [-0.05, 0) is 38.1 Å². The molecule has 4 heteroatoms. The molecule has 3 nitrogen and oxygen atoms in total. The Morgan fingerprint density at radius 3 is 2.33 bits per heavy atom. The molecular formula is C11H15BrO3. The maximum atomic E-state index is 9.52. The quantitative estimate of drug-likeness (QED) is 0.883. The maximum absolute atomic E-state index is 9.52. The smallest absolute Gasteiger partial charge is 0.119 e. The molecule has 2 N–H and O–H groups in total. The molecule has 15 heavy (non-hydrogen) atoms. The molecule has 84 valence electrons. The third-order valence-electron chi connectivity index (χ3n) is 2.04. The van der Waals surface area contributed by atoms with Crippen LogP contribution >= 0.6 is 15.9 Å². The van der Waals surface area contributed by atoms with Gasteiger partial charge in [-0.3, -0.25) is 0 Å². The summed E-state index contributed by atoms with van der Waals surface area (Å²) in [5, 5.41) is 19.0. The summed E-state index contributed by atoms with van der Waals surface area (Å²) in [7, 11) is 0. The van der Waals surface area contributed by atoms with Crippen molar-refractivity contribution in [2.45, 2.75) is 25.6 Å². The predicted octanol–water partition coefficient (Wildman–Crippen LogP) is 1.96. The number of aliphatic hydroxyl groups excluding tert-OH is 1. The second-order valence-electron chi connectivity index (χ2n) is 3.93. The van der Waals surface area contributed by atoms with Crippen LogP contribution in [0.3, 0.4) is 0 Å². The first kappa shape index (κ1) is 12.5. The van der Waals surface area contributed by atoms with E-state index in [0.29, 0.717) is 5.75 Å². The van der Waals surface area contributed by atoms with Crippen LogP contribution in [0.15, 0.2) is 28.7 Å². The van der Waals surface area contributed by atoms with Gasteiger partial charge in [-0.15, -0.1) is 0 Å². The molecule has 0 aliphatic heterocycles. The van der Waals surface area contributed by atoms with Gasteiger partial charge in [-0.25, -0.2) is 0 Å². The van der Waals surface area contributed by atoms with Crippen LogP contribution in [0.4, 0.5) is 0 Å². The van der Waals surface area contributed by atoms with E-state index in [-0.39, 0.29) is 6.61 Å². The molecule has 0 saturated heterocycles. The monoisotopic (exact) mass is 274 g/mol. The lowest BCUT2D eigenvalue weighted by molar-refractivity contribution is -0.0661. The van der Waals surface area contributed by atoms with E-state index in [1.807, 2.05) is 12.1 Å². The summed E-state index contributed by atoms with van der Waals surface area (Å²) in [6.07, 6.45) is -0.902. The molecule has 0 spiro atoms. The molecule has 0 aromatic heterocycles. The molecule has 0 radical (unpaired) electrons. The Balaban J connectivity index is 2.47. The Morgan fingerprint density at radius 1 is 1.33 bits per heavy atom. The zero-order chi connectivity index (χ0) is 11.5. The minimum atomic E-state index is -1.14. The molecule has 1 aromatic rings. The van der Waals surface area contributed by atoms with Gasteiger partial charge in [0, 0.05) is 4.47 Å². The molecule has 0 heterocycles. The summed E-state index contributed by atoms with van der Waals surface area (Å²) in [6, 6.07) is 7.29. The van der Waals surface area contributed by atoms with Gasteiger partial charge in [0.05, 0.1) is 5.60 Å². The van der Waals surface area contributed by atoms with Gasteiger partial charge in [0.2, 0.25) is 0 Å². The lowest BCUT2D eigenvalue weighted by Gasteiger charge is -2.24. The van der Waals surface area contributed by atoms with Gasteiger partial charge in [0.1, 0.15) is 18.5 Å². The summed E-state index contributed by atoms with van der Waals surface area (Å²) < 4.78 is 6.29. The Hall–Kier alpha value is -0.580. The Labute approximate surface area is 97.8 Å². The number of ether oxygens (including phenoxy) is 1. The number of hydrogen-bond acceptors (Lipinski definition) is 3. The number of halogens is 1. The van der Waals surface area contributed by atoms with Crippen LogP contribution in [0.2, 0.25) is 0 Å². The van der Waals surface area contributed by atoms with Crippen molar-refractivity contribution >= 4 is 15.9 Å². The fourth-order valence-electron chi connectivity index (χ4n) is 0.910. The largest absolute Gasteiger partial charge is 0.491 e. The lowest BCUT2D eigenvalue weighted by atomic mass is 10.0. The van der Waals surface area contributed by atoms with Gasteiger partial charge in [0.15, 0.2) is 0 Å². The first-order valence-electron chi connectivity index (χ1n) is 4.68. The van der Waals surface area contributed by atoms with Gasteiger partial charge >= 0.3 is 0 Å². The zero-order valence-corrected chi connectivity index (χ0v) is 10.4. The summed E-state index contributed by atoms with van der Waals surface area (Å²) >= 11 is 3.31. The molecule has 0 saturated carbocycles. The van der Waals surface area contributed by atoms with Crippen molar-refractivity contribution in [3.8, 4) is 5.75 Å². The van der Waals surface area contributed by atoms with Gasteiger partial charge in [-0.2, -0.15) is 0 Å². The van der Waals surface area contributed by atoms with Gasteiger partial charge < -0.3 is 14.9 Å². The molecule has 1 atom stereocenters. The Bertz CT molecular complexity index is 303. The standard InChI is InChI=1S/C11H15BrO3/c1-11(2,14)10(13)7-15-9-5-3-8(12)4-6-9/h3-6,10,13-14H,7H2,1-2H3. The SMILES string of the molecule is CC(C)(O)C(O)COc1ccc(Br)cc1. The number of benzene rings is 1. The zero-order valence-electron chi connectivity index (χ0n) is 8.77. The summed E-state index contributed by atoms with van der Waals surface area (Å²) in [6.45, 7) is 3.16. The molecule has 0 aliphatic rings. The van der Waals surface area contributed by atoms with E-state index < -0.39 is 11.7 Å². The predicted molar refractivity (Wildman–Crippen MR) is 61.9 cm³/mol. The van der Waals surface area contributed by atoms with E-state index in [0.717, 1.165) is 4.47 Å². The van der Waals surface area contributed by atoms with Crippen LogP contribution in [-0.2, 0) is 0 Å².